The van der Waals surface area contributed by atoms with Crippen molar-refractivity contribution in [3.05, 3.63) is 83.7 Å². The van der Waals surface area contributed by atoms with Crippen LogP contribution in [0.1, 0.15) is 39.2 Å². The second kappa shape index (κ2) is 9.42. The summed E-state index contributed by atoms with van der Waals surface area (Å²) in [5.41, 5.74) is 4.78. The molecule has 18 heteroatoms. The van der Waals surface area contributed by atoms with Crippen LogP contribution in [0.25, 0.3) is 0 Å². The van der Waals surface area contributed by atoms with Crippen molar-refractivity contribution in [1.82, 2.24) is 24.0 Å². The largest absolute Gasteiger partial charge is 0.492 e. The average molecular weight is 593 g/mol. The molecule has 0 saturated heterocycles. The van der Waals surface area contributed by atoms with Gasteiger partial charge in [-0.25, -0.2) is 0 Å². The molecule has 40 heavy (non-hydrogen) atoms. The smallest absolute Gasteiger partial charge is 0.390 e. The van der Waals surface area contributed by atoms with E-state index in [1.807, 2.05) is 0 Å². The molecule has 0 amide bonds. The van der Waals surface area contributed by atoms with Gasteiger partial charge in [-0.05, 0) is 77.8 Å². The van der Waals surface area contributed by atoms with Crippen molar-refractivity contribution in [1.29, 1.82) is 0 Å². The number of hydrogen-bond donors (Lipinski definition) is 1. The number of benzene rings is 2. The molecule has 1 N–H and O–H groups in total. The first kappa shape index (κ1) is 28.7. The molecule has 212 valence electrons. The lowest BCUT2D eigenvalue weighted by Gasteiger charge is -2.22. The molecule has 0 spiro atoms. The highest BCUT2D eigenvalue weighted by atomic mass is 32.2. The molecule has 0 aliphatic carbocycles. The van der Waals surface area contributed by atoms with Gasteiger partial charge in [0.15, 0.2) is 0 Å². The minimum absolute atomic E-state index is 0.0431. The zero-order valence-corrected chi connectivity index (χ0v) is 23.7. The number of sulfonamides is 1. The molecule has 1 aliphatic rings. The van der Waals surface area contributed by atoms with Gasteiger partial charge in [0.25, 0.3) is 20.0 Å². The topological polar surface area (TPSA) is 213 Å². The number of nitro groups is 2. The maximum Gasteiger partial charge on any atom is 0.492 e. The van der Waals surface area contributed by atoms with E-state index >= 15 is 0 Å². The Kier molecular flexibility index (Phi) is 6.76. The predicted octanol–water partition coefficient (Wildman–Crippen LogP) is 1.90. The van der Waals surface area contributed by atoms with E-state index < -0.39 is 47.5 Å². The minimum atomic E-state index is -4.84. The van der Waals surface area contributed by atoms with E-state index in [0.29, 0.717) is 21.9 Å². The summed E-state index contributed by atoms with van der Waals surface area (Å²) in [5, 5.41) is 27.4. The quantitative estimate of drug-likeness (QED) is 0.309. The standard InChI is InChI=1S/C22H24N8O8S2/c1-12-7-14(3)18(15(4)8-12)39(35,36)27-11-23-22(26-27,30(33)34)20-24-21(29(31)32)25-28(20)40(37,38)19-16(5)9-13(2)10-17(19)6/h7-11,26H,1-6H3. The van der Waals surface area contributed by atoms with Crippen molar-refractivity contribution >= 4 is 32.3 Å². The lowest BCUT2D eigenvalue weighted by atomic mass is 10.1. The van der Waals surface area contributed by atoms with Gasteiger partial charge in [0.2, 0.25) is 0 Å². The van der Waals surface area contributed by atoms with Gasteiger partial charge in [-0.3, -0.25) is 10.1 Å². The summed E-state index contributed by atoms with van der Waals surface area (Å²) in [6.07, 6.45) is 0.580. The van der Waals surface area contributed by atoms with Crippen molar-refractivity contribution < 1.29 is 26.7 Å². The van der Waals surface area contributed by atoms with Gasteiger partial charge in [0.1, 0.15) is 6.34 Å². The molecule has 1 aromatic heterocycles. The average Bonchev–Trinajstić information content (AvgIpc) is 3.44. The van der Waals surface area contributed by atoms with Crippen LogP contribution in [0.4, 0.5) is 5.95 Å². The van der Waals surface area contributed by atoms with Crippen molar-refractivity contribution in [3.63, 3.8) is 0 Å². The normalized spacial score (nSPS) is 17.4. The summed E-state index contributed by atoms with van der Waals surface area (Å²) in [5.74, 6) is -5.53. The van der Waals surface area contributed by atoms with Crippen LogP contribution in [0.5, 0.6) is 0 Å². The Bertz CT molecular complexity index is 1800. The zero-order chi connectivity index (χ0) is 29.9. The number of aryl methyl sites for hydroxylation is 6. The first-order chi connectivity index (χ1) is 18.4. The van der Waals surface area contributed by atoms with E-state index in [2.05, 4.69) is 20.5 Å². The number of aromatic nitrogens is 3. The monoisotopic (exact) mass is 592 g/mol. The van der Waals surface area contributed by atoms with Gasteiger partial charge < -0.3 is 10.1 Å². The third-order valence-electron chi connectivity index (χ3n) is 6.13. The van der Waals surface area contributed by atoms with Crippen LogP contribution in [-0.4, -0.2) is 51.6 Å². The fourth-order valence-corrected chi connectivity index (χ4v) is 8.05. The maximum absolute atomic E-state index is 13.8. The van der Waals surface area contributed by atoms with E-state index in [4.69, 9.17) is 0 Å². The minimum Gasteiger partial charge on any atom is -0.390 e. The third kappa shape index (κ3) is 4.38. The summed E-state index contributed by atoms with van der Waals surface area (Å²) < 4.78 is 55.1. The van der Waals surface area contributed by atoms with Crippen LogP contribution in [-0.2, 0) is 25.8 Å². The molecule has 2 heterocycles. The number of nitrogens with one attached hydrogen (secondary N) is 1. The zero-order valence-electron chi connectivity index (χ0n) is 22.1. The van der Waals surface area contributed by atoms with Crippen LogP contribution in [0, 0.1) is 61.8 Å². The highest BCUT2D eigenvalue weighted by Gasteiger charge is 2.61. The molecular weight excluding hydrogens is 568 g/mol. The molecule has 2 aromatic carbocycles. The van der Waals surface area contributed by atoms with Crippen molar-refractivity contribution in [2.75, 3.05) is 0 Å². The molecular formula is C22H24N8O8S2. The maximum atomic E-state index is 13.8. The van der Waals surface area contributed by atoms with E-state index in [1.165, 1.54) is 13.8 Å². The third-order valence-corrected chi connectivity index (χ3v) is 9.87. The van der Waals surface area contributed by atoms with Gasteiger partial charge in [-0.1, -0.05) is 35.4 Å². The Hall–Kier alpha value is -4.29. The van der Waals surface area contributed by atoms with E-state index in [1.54, 1.807) is 52.0 Å². The molecule has 1 unspecified atom stereocenters. The number of aliphatic imine (C=N–C) groups is 1. The lowest BCUT2D eigenvalue weighted by Crippen LogP contribution is -2.53. The lowest BCUT2D eigenvalue weighted by molar-refractivity contribution is -0.589. The Morgan fingerprint density at radius 2 is 1.25 bits per heavy atom. The molecule has 1 aliphatic heterocycles. The molecule has 16 nitrogen and oxygen atoms in total. The second-order valence-corrected chi connectivity index (χ2v) is 12.8. The Balaban J connectivity index is 1.93. The fraction of sp³-hybridized carbons (Fsp3) is 0.318. The van der Waals surface area contributed by atoms with Crippen molar-refractivity contribution in [2.24, 2.45) is 4.99 Å². The molecule has 0 bridgehead atoms. The van der Waals surface area contributed by atoms with Crippen LogP contribution < -0.4 is 5.43 Å². The highest BCUT2D eigenvalue weighted by molar-refractivity contribution is 7.90. The SMILES string of the molecule is Cc1cc(C)c(S(=O)(=O)N2C=NC(c3nc([N+](=O)[O-])nn3S(=O)(=O)c3c(C)cc(C)cc3C)([N+](=O)[O-])N2)c(C)c1. The molecule has 1 atom stereocenters. The fourth-order valence-electron chi connectivity index (χ4n) is 4.82. The first-order valence-corrected chi connectivity index (χ1v) is 14.4. The van der Waals surface area contributed by atoms with Gasteiger partial charge in [0, 0.05) is 5.10 Å². The number of hydrogen-bond acceptors (Lipinski definition) is 12. The summed E-state index contributed by atoms with van der Waals surface area (Å²) in [6.45, 7) is 9.54. The summed E-state index contributed by atoms with van der Waals surface area (Å²) >= 11 is 0. The summed E-state index contributed by atoms with van der Waals surface area (Å²) in [7, 11) is -9.37. The summed E-state index contributed by atoms with van der Waals surface area (Å²) in [4.78, 5) is 28.4. The molecule has 4 rings (SSSR count). The first-order valence-electron chi connectivity index (χ1n) is 11.5. The highest BCUT2D eigenvalue weighted by Crippen LogP contribution is 2.34. The molecule has 0 saturated carbocycles. The van der Waals surface area contributed by atoms with E-state index in [9.17, 15) is 37.1 Å². The van der Waals surface area contributed by atoms with E-state index in [-0.39, 0.29) is 25.0 Å². The van der Waals surface area contributed by atoms with Crippen molar-refractivity contribution in [2.45, 2.75) is 57.1 Å². The molecule has 0 radical (unpaired) electrons. The molecule has 3 aromatic rings. The van der Waals surface area contributed by atoms with Crippen LogP contribution >= 0.6 is 0 Å². The van der Waals surface area contributed by atoms with Crippen LogP contribution in [0.2, 0.25) is 0 Å². The second-order valence-electron chi connectivity index (χ2n) is 9.38. The Labute approximate surface area is 228 Å². The van der Waals surface area contributed by atoms with Gasteiger partial charge >= 0.3 is 17.6 Å². The van der Waals surface area contributed by atoms with Gasteiger partial charge in [-0.2, -0.15) is 26.2 Å². The van der Waals surface area contributed by atoms with Crippen LogP contribution in [0.15, 0.2) is 39.0 Å². The number of rotatable bonds is 7. The summed E-state index contributed by atoms with van der Waals surface area (Å²) in [6, 6.07) is 6.29. The predicted molar refractivity (Wildman–Crippen MR) is 140 cm³/mol. The van der Waals surface area contributed by atoms with Crippen molar-refractivity contribution in [3.8, 4) is 0 Å². The number of hydrazine groups is 1. The Morgan fingerprint density at radius 3 is 1.68 bits per heavy atom. The Morgan fingerprint density at radius 1 is 0.800 bits per heavy atom. The van der Waals surface area contributed by atoms with Gasteiger partial charge in [-0.15, -0.1) is 5.43 Å². The van der Waals surface area contributed by atoms with Crippen LogP contribution in [0.3, 0.4) is 0 Å². The molecule has 0 fully saturated rings. The van der Waals surface area contributed by atoms with E-state index in [0.717, 1.165) is 11.1 Å². The number of nitrogens with zero attached hydrogens (tertiary/aromatic N) is 7. The van der Waals surface area contributed by atoms with Gasteiger partial charge in [0.05, 0.1) is 14.7 Å².